The van der Waals surface area contributed by atoms with E-state index in [-0.39, 0.29) is 6.04 Å². The lowest BCUT2D eigenvalue weighted by molar-refractivity contribution is 0.516. The fraction of sp³-hybridized carbons (Fsp3) is 0.438. The summed E-state index contributed by atoms with van der Waals surface area (Å²) in [4.78, 5) is 0. The lowest BCUT2D eigenvalue weighted by Crippen LogP contribution is -2.22. The van der Waals surface area contributed by atoms with Crippen molar-refractivity contribution in [2.24, 2.45) is 5.73 Å². The van der Waals surface area contributed by atoms with Crippen LogP contribution in [0, 0.1) is 20.8 Å². The van der Waals surface area contributed by atoms with Crippen LogP contribution < -0.4 is 5.73 Å². The summed E-state index contributed by atoms with van der Waals surface area (Å²) in [7, 11) is 0. The first kappa shape index (κ1) is 13.8. The molecule has 0 saturated carbocycles. The van der Waals surface area contributed by atoms with E-state index in [1.807, 2.05) is 0 Å². The maximum atomic E-state index is 6.00. The van der Waals surface area contributed by atoms with Gasteiger partial charge in [0.05, 0.1) is 11.7 Å². The Morgan fingerprint density at radius 1 is 1.26 bits per heavy atom. The molecular formula is C16H23N3. The van der Waals surface area contributed by atoms with Crippen molar-refractivity contribution in [1.29, 1.82) is 0 Å². The minimum absolute atomic E-state index is 0.124. The van der Waals surface area contributed by atoms with Gasteiger partial charge in [-0.3, -0.25) is 4.68 Å². The average molecular weight is 257 g/mol. The van der Waals surface area contributed by atoms with Gasteiger partial charge in [0.2, 0.25) is 0 Å². The Kier molecular flexibility index (Phi) is 4.05. The van der Waals surface area contributed by atoms with Crippen LogP contribution in [0.1, 0.15) is 41.0 Å². The van der Waals surface area contributed by atoms with Gasteiger partial charge < -0.3 is 5.73 Å². The Morgan fingerprint density at radius 3 is 2.53 bits per heavy atom. The molecule has 1 aromatic heterocycles. The van der Waals surface area contributed by atoms with Crippen molar-refractivity contribution in [3.05, 3.63) is 52.3 Å². The van der Waals surface area contributed by atoms with Gasteiger partial charge in [-0.05, 0) is 38.3 Å². The Labute approximate surface area is 115 Å². The standard InChI is InChI=1S/C16H23N3/c1-5-15-12(3)18-19(13(15)4)16(10-17)14-8-6-7-11(2)9-14/h6-9,16H,5,10,17H2,1-4H3. The second kappa shape index (κ2) is 5.57. The number of nitrogens with zero attached hydrogens (tertiary/aromatic N) is 2. The zero-order chi connectivity index (χ0) is 14.0. The molecule has 3 nitrogen and oxygen atoms in total. The molecule has 1 unspecified atom stereocenters. The second-order valence-electron chi connectivity index (χ2n) is 5.11. The molecule has 102 valence electrons. The van der Waals surface area contributed by atoms with Crippen LogP contribution in [0.25, 0.3) is 0 Å². The highest BCUT2D eigenvalue weighted by atomic mass is 15.3. The summed E-state index contributed by atoms with van der Waals surface area (Å²) in [6.45, 7) is 9.05. The molecule has 1 aromatic carbocycles. The predicted molar refractivity (Wildman–Crippen MR) is 79.5 cm³/mol. The maximum Gasteiger partial charge on any atom is 0.0893 e. The van der Waals surface area contributed by atoms with Crippen molar-refractivity contribution in [3.8, 4) is 0 Å². The Balaban J connectivity index is 2.48. The molecule has 0 spiro atoms. The zero-order valence-corrected chi connectivity index (χ0v) is 12.3. The van der Waals surface area contributed by atoms with Crippen LogP contribution >= 0.6 is 0 Å². The minimum atomic E-state index is 0.124. The molecule has 2 rings (SSSR count). The lowest BCUT2D eigenvalue weighted by atomic mass is 10.0. The van der Waals surface area contributed by atoms with Crippen molar-refractivity contribution in [2.45, 2.75) is 40.2 Å². The van der Waals surface area contributed by atoms with E-state index in [9.17, 15) is 0 Å². The van der Waals surface area contributed by atoms with Crippen molar-refractivity contribution in [3.63, 3.8) is 0 Å². The highest BCUT2D eigenvalue weighted by molar-refractivity contribution is 5.30. The first-order chi connectivity index (χ1) is 9.08. The van der Waals surface area contributed by atoms with Crippen LogP contribution in [-0.4, -0.2) is 16.3 Å². The molecule has 3 heteroatoms. The molecule has 0 aliphatic rings. The van der Waals surface area contributed by atoms with E-state index in [0.29, 0.717) is 6.54 Å². The van der Waals surface area contributed by atoms with Crippen LogP contribution in [0.2, 0.25) is 0 Å². The van der Waals surface area contributed by atoms with Gasteiger partial charge in [0.1, 0.15) is 0 Å². The summed E-state index contributed by atoms with van der Waals surface area (Å²) in [6, 6.07) is 8.64. The van der Waals surface area contributed by atoms with Gasteiger partial charge in [-0.2, -0.15) is 5.10 Å². The molecule has 19 heavy (non-hydrogen) atoms. The third-order valence-electron chi connectivity index (χ3n) is 3.77. The molecule has 1 atom stereocenters. The van der Waals surface area contributed by atoms with Crippen LogP contribution in [-0.2, 0) is 6.42 Å². The van der Waals surface area contributed by atoms with E-state index in [2.05, 4.69) is 56.6 Å². The minimum Gasteiger partial charge on any atom is -0.328 e. The number of benzene rings is 1. The summed E-state index contributed by atoms with van der Waals surface area (Å²) < 4.78 is 2.09. The fourth-order valence-electron chi connectivity index (χ4n) is 2.77. The fourth-order valence-corrected chi connectivity index (χ4v) is 2.77. The number of nitrogens with two attached hydrogens (primary N) is 1. The summed E-state index contributed by atoms with van der Waals surface area (Å²) >= 11 is 0. The van der Waals surface area contributed by atoms with E-state index in [4.69, 9.17) is 10.8 Å². The van der Waals surface area contributed by atoms with Gasteiger partial charge >= 0.3 is 0 Å². The number of hydrogen-bond donors (Lipinski definition) is 1. The highest BCUT2D eigenvalue weighted by Crippen LogP contribution is 2.23. The van der Waals surface area contributed by atoms with Gasteiger partial charge in [-0.1, -0.05) is 36.8 Å². The number of rotatable bonds is 4. The summed E-state index contributed by atoms with van der Waals surface area (Å²) in [5, 5.41) is 4.69. The first-order valence-corrected chi connectivity index (χ1v) is 6.89. The van der Waals surface area contributed by atoms with Crippen LogP contribution in [0.3, 0.4) is 0 Å². The Bertz CT molecular complexity index is 569. The Morgan fingerprint density at radius 2 is 2.00 bits per heavy atom. The van der Waals surface area contributed by atoms with Crippen LogP contribution in [0.15, 0.2) is 24.3 Å². The molecule has 0 saturated heterocycles. The van der Waals surface area contributed by atoms with Crippen LogP contribution in [0.5, 0.6) is 0 Å². The van der Waals surface area contributed by atoms with E-state index in [1.54, 1.807) is 0 Å². The van der Waals surface area contributed by atoms with Crippen LogP contribution in [0.4, 0.5) is 0 Å². The van der Waals surface area contributed by atoms with Gasteiger partial charge in [-0.15, -0.1) is 0 Å². The smallest absolute Gasteiger partial charge is 0.0893 e. The third kappa shape index (κ3) is 2.56. The van der Waals surface area contributed by atoms with E-state index in [0.717, 1.165) is 12.1 Å². The Hall–Kier alpha value is -1.61. The molecule has 0 fully saturated rings. The normalized spacial score (nSPS) is 12.7. The molecule has 2 aromatic rings. The molecular weight excluding hydrogens is 234 g/mol. The van der Waals surface area contributed by atoms with Crippen molar-refractivity contribution in [1.82, 2.24) is 9.78 Å². The summed E-state index contributed by atoms with van der Waals surface area (Å²) in [6.07, 6.45) is 1.02. The molecule has 0 amide bonds. The number of aryl methyl sites for hydroxylation is 2. The zero-order valence-electron chi connectivity index (χ0n) is 12.3. The van der Waals surface area contributed by atoms with Gasteiger partial charge in [0, 0.05) is 12.2 Å². The van der Waals surface area contributed by atoms with Crippen molar-refractivity contribution in [2.75, 3.05) is 6.54 Å². The number of aromatic nitrogens is 2. The lowest BCUT2D eigenvalue weighted by Gasteiger charge is -2.18. The molecule has 0 bridgehead atoms. The largest absolute Gasteiger partial charge is 0.328 e. The maximum absolute atomic E-state index is 6.00. The average Bonchev–Trinajstić information content (AvgIpc) is 2.66. The molecule has 0 aliphatic heterocycles. The third-order valence-corrected chi connectivity index (χ3v) is 3.77. The molecule has 1 heterocycles. The number of hydrogen-bond acceptors (Lipinski definition) is 2. The molecule has 2 N–H and O–H groups in total. The molecule has 0 radical (unpaired) electrons. The summed E-state index contributed by atoms with van der Waals surface area (Å²) in [5.74, 6) is 0. The van der Waals surface area contributed by atoms with Gasteiger partial charge in [0.15, 0.2) is 0 Å². The molecule has 0 aliphatic carbocycles. The van der Waals surface area contributed by atoms with Crippen molar-refractivity contribution >= 4 is 0 Å². The first-order valence-electron chi connectivity index (χ1n) is 6.89. The predicted octanol–water partition coefficient (Wildman–Crippen LogP) is 2.92. The second-order valence-corrected chi connectivity index (χ2v) is 5.11. The topological polar surface area (TPSA) is 43.8 Å². The quantitative estimate of drug-likeness (QED) is 0.915. The van der Waals surface area contributed by atoms with Gasteiger partial charge in [-0.25, -0.2) is 0 Å². The SMILES string of the molecule is CCc1c(C)nn(C(CN)c2cccc(C)c2)c1C. The van der Waals surface area contributed by atoms with Crippen molar-refractivity contribution < 1.29 is 0 Å². The van der Waals surface area contributed by atoms with E-state index < -0.39 is 0 Å². The van der Waals surface area contributed by atoms with E-state index >= 15 is 0 Å². The summed E-state index contributed by atoms with van der Waals surface area (Å²) in [5.41, 5.74) is 12.2. The van der Waals surface area contributed by atoms with E-state index in [1.165, 1.54) is 22.4 Å². The van der Waals surface area contributed by atoms with Gasteiger partial charge in [0.25, 0.3) is 0 Å². The highest BCUT2D eigenvalue weighted by Gasteiger charge is 2.18. The monoisotopic (exact) mass is 257 g/mol.